The fourth-order valence-electron chi connectivity index (χ4n) is 4.06. The number of rotatable bonds is 7. The number of aromatic nitrogens is 1. The number of carboxylic acids is 1. The van der Waals surface area contributed by atoms with Crippen molar-refractivity contribution in [2.75, 3.05) is 0 Å². The van der Waals surface area contributed by atoms with Gasteiger partial charge in [-0.05, 0) is 60.4 Å². The molecule has 0 aliphatic carbocycles. The van der Waals surface area contributed by atoms with Gasteiger partial charge >= 0.3 is 12.1 Å². The van der Waals surface area contributed by atoms with Gasteiger partial charge in [-0.2, -0.15) is 13.2 Å². The Kier molecular flexibility index (Phi) is 7.06. The molecular weight excluding hydrogens is 463 g/mol. The van der Waals surface area contributed by atoms with Gasteiger partial charge in [-0.1, -0.05) is 66.2 Å². The molecule has 6 heteroatoms. The maximum atomic E-state index is 13.1. The average molecular weight is 488 g/mol. The fraction of sp³-hybridized carbons (Fsp3) is 0.133. The molecule has 0 fully saturated rings. The number of carboxylic acid groups (broad SMARTS) is 1. The summed E-state index contributed by atoms with van der Waals surface area (Å²) in [5.74, 6) is -1.87. The molecule has 3 aromatic carbocycles. The summed E-state index contributed by atoms with van der Waals surface area (Å²) >= 11 is 0. The molecule has 1 heterocycles. The van der Waals surface area contributed by atoms with Crippen LogP contribution in [-0.2, 0) is 11.0 Å². The monoisotopic (exact) mass is 487 g/mol. The zero-order valence-corrected chi connectivity index (χ0v) is 19.6. The van der Waals surface area contributed by atoms with Crippen LogP contribution in [0.4, 0.5) is 13.2 Å². The van der Waals surface area contributed by atoms with Gasteiger partial charge in [0.2, 0.25) is 0 Å². The Balaban J connectivity index is 1.86. The van der Waals surface area contributed by atoms with Crippen LogP contribution in [0.2, 0.25) is 0 Å². The standard InChI is InChI=1S/C30H24F3NO2/c1-19(2)15-26(29(35)36)24-17-27(21-11-13-25(14-12-21)30(31,32)33)34-28(18-24)23-10-6-9-22(16-23)20-7-4-3-5-8-20/h3-14,16-18,26H,1,15H2,2H3,(H,35,36). The van der Waals surface area contributed by atoms with E-state index in [4.69, 9.17) is 4.98 Å². The number of carbonyl (C=O) groups is 1. The third-order valence-electron chi connectivity index (χ3n) is 5.87. The molecule has 1 unspecified atom stereocenters. The minimum Gasteiger partial charge on any atom is -0.481 e. The van der Waals surface area contributed by atoms with Gasteiger partial charge in [0.05, 0.1) is 22.9 Å². The predicted molar refractivity (Wildman–Crippen MR) is 135 cm³/mol. The average Bonchev–Trinajstić information content (AvgIpc) is 2.87. The highest BCUT2D eigenvalue weighted by molar-refractivity contribution is 5.79. The quantitative estimate of drug-likeness (QED) is 0.267. The number of benzene rings is 3. The Morgan fingerprint density at radius 1 is 0.833 bits per heavy atom. The normalized spacial score (nSPS) is 12.2. The van der Waals surface area contributed by atoms with E-state index in [-0.39, 0.29) is 6.42 Å². The number of hydrogen-bond acceptors (Lipinski definition) is 2. The predicted octanol–water partition coefficient (Wildman–Crippen LogP) is 8.24. The van der Waals surface area contributed by atoms with Crippen molar-refractivity contribution in [3.63, 3.8) is 0 Å². The molecule has 4 rings (SSSR count). The van der Waals surface area contributed by atoms with Gasteiger partial charge < -0.3 is 5.11 Å². The van der Waals surface area contributed by atoms with Crippen LogP contribution >= 0.6 is 0 Å². The van der Waals surface area contributed by atoms with Gasteiger partial charge in [0, 0.05) is 11.1 Å². The van der Waals surface area contributed by atoms with Crippen LogP contribution in [0.25, 0.3) is 33.6 Å². The highest BCUT2D eigenvalue weighted by atomic mass is 19.4. The smallest absolute Gasteiger partial charge is 0.416 e. The molecule has 0 aliphatic heterocycles. The van der Waals surface area contributed by atoms with E-state index in [1.54, 1.807) is 19.1 Å². The minimum absolute atomic E-state index is 0.231. The van der Waals surface area contributed by atoms with Crippen molar-refractivity contribution < 1.29 is 23.1 Å². The van der Waals surface area contributed by atoms with Crippen molar-refractivity contribution in [3.05, 3.63) is 114 Å². The first-order chi connectivity index (χ1) is 17.1. The van der Waals surface area contributed by atoms with E-state index in [0.717, 1.165) is 28.8 Å². The first-order valence-corrected chi connectivity index (χ1v) is 11.3. The molecule has 0 saturated heterocycles. The molecule has 0 amide bonds. The summed E-state index contributed by atoms with van der Waals surface area (Å²) in [7, 11) is 0. The third-order valence-corrected chi connectivity index (χ3v) is 5.87. The molecular formula is C30H24F3NO2. The van der Waals surface area contributed by atoms with Crippen molar-refractivity contribution in [2.24, 2.45) is 0 Å². The van der Waals surface area contributed by atoms with E-state index in [1.807, 2.05) is 54.6 Å². The number of alkyl halides is 3. The maximum absolute atomic E-state index is 13.1. The summed E-state index contributed by atoms with van der Waals surface area (Å²) in [6.45, 7) is 5.62. The van der Waals surface area contributed by atoms with Gasteiger partial charge in [-0.25, -0.2) is 4.98 Å². The Morgan fingerprint density at radius 3 is 2.00 bits per heavy atom. The lowest BCUT2D eigenvalue weighted by molar-refractivity contribution is -0.139. The van der Waals surface area contributed by atoms with Gasteiger partial charge in [-0.3, -0.25) is 4.79 Å². The maximum Gasteiger partial charge on any atom is 0.416 e. The molecule has 1 N–H and O–H groups in total. The van der Waals surface area contributed by atoms with E-state index < -0.39 is 23.6 Å². The Bertz CT molecular complexity index is 1390. The summed E-state index contributed by atoms with van der Waals surface area (Å²) in [6, 6.07) is 25.6. The Hall–Kier alpha value is -4.19. The van der Waals surface area contributed by atoms with Crippen molar-refractivity contribution in [2.45, 2.75) is 25.4 Å². The first-order valence-electron chi connectivity index (χ1n) is 11.3. The van der Waals surface area contributed by atoms with Crippen molar-refractivity contribution >= 4 is 5.97 Å². The number of allylic oxidation sites excluding steroid dienone is 1. The lowest BCUT2D eigenvalue weighted by Gasteiger charge is -2.16. The summed E-state index contributed by atoms with van der Waals surface area (Å²) in [5, 5.41) is 9.93. The molecule has 182 valence electrons. The van der Waals surface area contributed by atoms with E-state index in [9.17, 15) is 23.1 Å². The van der Waals surface area contributed by atoms with Crippen LogP contribution in [0.1, 0.15) is 30.4 Å². The largest absolute Gasteiger partial charge is 0.481 e. The lowest BCUT2D eigenvalue weighted by atomic mass is 9.90. The van der Waals surface area contributed by atoms with E-state index in [0.29, 0.717) is 28.1 Å². The highest BCUT2D eigenvalue weighted by Crippen LogP contribution is 2.34. The van der Waals surface area contributed by atoms with Crippen LogP contribution < -0.4 is 0 Å². The van der Waals surface area contributed by atoms with Gasteiger partial charge in [0.15, 0.2) is 0 Å². The second kappa shape index (κ2) is 10.2. The summed E-state index contributed by atoms with van der Waals surface area (Å²) in [4.78, 5) is 16.9. The van der Waals surface area contributed by atoms with Crippen molar-refractivity contribution in [1.29, 1.82) is 0 Å². The molecule has 1 atom stereocenters. The van der Waals surface area contributed by atoms with Crippen LogP contribution in [0.5, 0.6) is 0 Å². The van der Waals surface area contributed by atoms with Crippen LogP contribution in [0.3, 0.4) is 0 Å². The van der Waals surface area contributed by atoms with Crippen LogP contribution in [0.15, 0.2) is 103 Å². The second-order valence-corrected chi connectivity index (χ2v) is 8.74. The van der Waals surface area contributed by atoms with Gasteiger partial charge in [-0.15, -0.1) is 6.58 Å². The highest BCUT2D eigenvalue weighted by Gasteiger charge is 2.30. The minimum atomic E-state index is -4.45. The molecule has 1 aromatic heterocycles. The number of nitrogens with zero attached hydrogens (tertiary/aromatic N) is 1. The molecule has 0 radical (unpaired) electrons. The molecule has 4 aromatic rings. The molecule has 0 spiro atoms. The topological polar surface area (TPSA) is 50.2 Å². The van der Waals surface area contributed by atoms with Crippen molar-refractivity contribution in [3.8, 4) is 33.6 Å². The molecule has 3 nitrogen and oxygen atoms in total. The third kappa shape index (κ3) is 5.71. The Morgan fingerprint density at radius 2 is 1.42 bits per heavy atom. The molecule has 0 bridgehead atoms. The van der Waals surface area contributed by atoms with E-state index in [1.165, 1.54) is 12.1 Å². The molecule has 36 heavy (non-hydrogen) atoms. The van der Waals surface area contributed by atoms with Crippen molar-refractivity contribution in [1.82, 2.24) is 4.98 Å². The van der Waals surface area contributed by atoms with Crippen LogP contribution in [0, 0.1) is 0 Å². The van der Waals surface area contributed by atoms with E-state index in [2.05, 4.69) is 6.58 Å². The number of aliphatic carboxylic acids is 1. The summed E-state index contributed by atoms with van der Waals surface area (Å²) in [6.07, 6.45) is -4.22. The lowest BCUT2D eigenvalue weighted by Crippen LogP contribution is -2.13. The number of hydrogen-bond donors (Lipinski definition) is 1. The van der Waals surface area contributed by atoms with Gasteiger partial charge in [0.25, 0.3) is 0 Å². The zero-order valence-electron chi connectivity index (χ0n) is 19.6. The fourth-order valence-corrected chi connectivity index (χ4v) is 4.06. The zero-order chi connectivity index (χ0) is 25.9. The number of pyridine rings is 1. The number of halogens is 3. The molecule has 0 saturated carbocycles. The van der Waals surface area contributed by atoms with Crippen LogP contribution in [-0.4, -0.2) is 16.1 Å². The summed E-state index contributed by atoms with van der Waals surface area (Å²) < 4.78 is 39.2. The summed E-state index contributed by atoms with van der Waals surface area (Å²) in [5.41, 5.74) is 4.61. The Labute approximate surface area is 207 Å². The molecule has 0 aliphatic rings. The van der Waals surface area contributed by atoms with E-state index >= 15 is 0 Å². The SMILES string of the molecule is C=C(C)CC(C(=O)O)c1cc(-c2ccc(C(F)(F)F)cc2)nc(-c2cccc(-c3ccccc3)c2)c1. The van der Waals surface area contributed by atoms with Gasteiger partial charge in [0.1, 0.15) is 0 Å². The first kappa shape index (κ1) is 24.9. The second-order valence-electron chi connectivity index (χ2n) is 8.74.